The summed E-state index contributed by atoms with van der Waals surface area (Å²) in [6.07, 6.45) is 6.97. The summed E-state index contributed by atoms with van der Waals surface area (Å²) in [6, 6.07) is 11.9. The third-order valence-corrected chi connectivity index (χ3v) is 4.93. The molecule has 138 valence electrons. The molecule has 0 saturated carbocycles. The van der Waals surface area contributed by atoms with Gasteiger partial charge in [-0.15, -0.1) is 0 Å². The van der Waals surface area contributed by atoms with Crippen LogP contribution in [-0.2, 0) is 30.6 Å². The first-order valence-electron chi connectivity index (χ1n) is 9.55. The van der Waals surface area contributed by atoms with Crippen LogP contribution in [0.15, 0.2) is 41.2 Å². The minimum atomic E-state index is -0.183. The number of carbonyl (C=O) groups is 1. The van der Waals surface area contributed by atoms with Crippen LogP contribution in [0, 0.1) is 0 Å². The van der Waals surface area contributed by atoms with E-state index in [1.54, 1.807) is 6.07 Å². The summed E-state index contributed by atoms with van der Waals surface area (Å²) in [6.45, 7) is 1.98. The van der Waals surface area contributed by atoms with Crippen molar-refractivity contribution in [3.8, 4) is 0 Å². The van der Waals surface area contributed by atoms with Crippen LogP contribution in [0.1, 0.15) is 49.4 Å². The first-order valence-corrected chi connectivity index (χ1v) is 9.55. The standard InChI is InChI=1S/C21H27N3O2/c1-16(12-13-17-8-4-2-5-9-17)22-20(25)15-24-21(26)14-18-10-6-3-7-11-19(18)23-24/h2,4-5,8-9,14,16H,3,6-7,10-13,15H2,1H3,(H,22,25)/t16-/m1/s1. The van der Waals surface area contributed by atoms with E-state index in [-0.39, 0.29) is 24.1 Å². The second-order valence-corrected chi connectivity index (χ2v) is 7.17. The number of fused-ring (bicyclic) bond motifs is 1. The number of rotatable bonds is 6. The highest BCUT2D eigenvalue weighted by molar-refractivity contribution is 5.75. The van der Waals surface area contributed by atoms with Crippen LogP contribution < -0.4 is 10.9 Å². The molecule has 0 unspecified atom stereocenters. The number of aryl methyl sites for hydroxylation is 3. The van der Waals surface area contributed by atoms with Crippen molar-refractivity contribution in [3.05, 3.63) is 63.6 Å². The van der Waals surface area contributed by atoms with Gasteiger partial charge in [0, 0.05) is 12.1 Å². The Hall–Kier alpha value is -2.43. The number of hydrogen-bond donors (Lipinski definition) is 1. The van der Waals surface area contributed by atoms with Gasteiger partial charge in [-0.1, -0.05) is 36.8 Å². The van der Waals surface area contributed by atoms with Crippen molar-refractivity contribution in [3.63, 3.8) is 0 Å². The van der Waals surface area contributed by atoms with Crippen molar-refractivity contribution < 1.29 is 4.79 Å². The molecule has 1 heterocycles. The summed E-state index contributed by atoms with van der Waals surface area (Å²) in [5.74, 6) is -0.159. The maximum absolute atomic E-state index is 12.3. The van der Waals surface area contributed by atoms with Crippen LogP contribution in [0.2, 0.25) is 0 Å². The lowest BCUT2D eigenvalue weighted by Gasteiger charge is -2.15. The Morgan fingerprint density at radius 2 is 1.96 bits per heavy atom. The number of benzene rings is 1. The number of nitrogens with one attached hydrogen (secondary N) is 1. The molecule has 1 aromatic carbocycles. The zero-order valence-electron chi connectivity index (χ0n) is 15.4. The molecule has 1 aliphatic carbocycles. The number of nitrogens with zero attached hydrogens (tertiary/aromatic N) is 2. The van der Waals surface area contributed by atoms with Gasteiger partial charge < -0.3 is 5.32 Å². The van der Waals surface area contributed by atoms with E-state index < -0.39 is 0 Å². The zero-order chi connectivity index (χ0) is 18.4. The van der Waals surface area contributed by atoms with E-state index in [1.807, 2.05) is 25.1 Å². The van der Waals surface area contributed by atoms with Crippen molar-refractivity contribution in [1.82, 2.24) is 15.1 Å². The molecule has 3 rings (SSSR count). The minimum Gasteiger partial charge on any atom is -0.352 e. The highest BCUT2D eigenvalue weighted by Gasteiger charge is 2.14. The molecule has 1 atom stereocenters. The van der Waals surface area contributed by atoms with Gasteiger partial charge in [-0.3, -0.25) is 9.59 Å². The van der Waals surface area contributed by atoms with Gasteiger partial charge in [-0.25, -0.2) is 4.68 Å². The molecular formula is C21H27N3O2. The highest BCUT2D eigenvalue weighted by Crippen LogP contribution is 2.16. The average molecular weight is 353 g/mol. The second kappa shape index (κ2) is 8.79. The maximum Gasteiger partial charge on any atom is 0.267 e. The van der Waals surface area contributed by atoms with Crippen molar-refractivity contribution >= 4 is 5.91 Å². The van der Waals surface area contributed by atoms with Gasteiger partial charge in [0.25, 0.3) is 5.56 Å². The van der Waals surface area contributed by atoms with Crippen molar-refractivity contribution in [2.24, 2.45) is 0 Å². The fourth-order valence-electron chi connectivity index (χ4n) is 3.45. The molecular weight excluding hydrogens is 326 g/mol. The van der Waals surface area contributed by atoms with Crippen LogP contribution in [0.5, 0.6) is 0 Å². The predicted molar refractivity (Wildman–Crippen MR) is 102 cm³/mol. The Morgan fingerprint density at radius 1 is 1.19 bits per heavy atom. The first-order chi connectivity index (χ1) is 12.6. The first kappa shape index (κ1) is 18.4. The van der Waals surface area contributed by atoms with Crippen molar-refractivity contribution in [1.29, 1.82) is 0 Å². The van der Waals surface area contributed by atoms with Gasteiger partial charge in [-0.2, -0.15) is 5.10 Å². The van der Waals surface area contributed by atoms with Crippen LogP contribution in [0.3, 0.4) is 0 Å². The SMILES string of the molecule is C[C@H](CCc1ccccc1)NC(=O)Cn1nc2c(cc1=O)CCCCC2. The minimum absolute atomic E-state index is 0.0121. The van der Waals surface area contributed by atoms with E-state index in [4.69, 9.17) is 0 Å². The average Bonchev–Trinajstić information content (AvgIpc) is 2.86. The topological polar surface area (TPSA) is 64.0 Å². The van der Waals surface area contributed by atoms with Crippen molar-refractivity contribution in [2.45, 2.75) is 64.5 Å². The third kappa shape index (κ3) is 5.04. The Morgan fingerprint density at radius 3 is 2.77 bits per heavy atom. The molecule has 0 saturated heterocycles. The molecule has 0 spiro atoms. The third-order valence-electron chi connectivity index (χ3n) is 4.93. The lowest BCUT2D eigenvalue weighted by atomic mass is 10.1. The summed E-state index contributed by atoms with van der Waals surface area (Å²) in [5, 5.41) is 7.44. The van der Waals surface area contributed by atoms with Gasteiger partial charge in [0.05, 0.1) is 5.69 Å². The van der Waals surface area contributed by atoms with E-state index in [1.165, 1.54) is 16.7 Å². The molecule has 26 heavy (non-hydrogen) atoms. The molecule has 1 aromatic heterocycles. The lowest BCUT2D eigenvalue weighted by Crippen LogP contribution is -2.38. The molecule has 0 bridgehead atoms. The van der Waals surface area contributed by atoms with Gasteiger partial charge >= 0.3 is 0 Å². The van der Waals surface area contributed by atoms with E-state index in [2.05, 4.69) is 22.5 Å². The van der Waals surface area contributed by atoms with Gasteiger partial charge in [0.2, 0.25) is 5.91 Å². The van der Waals surface area contributed by atoms with Gasteiger partial charge in [-0.05, 0) is 56.6 Å². The summed E-state index contributed by atoms with van der Waals surface area (Å²) in [7, 11) is 0. The molecule has 5 heteroatoms. The van der Waals surface area contributed by atoms with Crippen LogP contribution in [0.4, 0.5) is 0 Å². The van der Waals surface area contributed by atoms with E-state index >= 15 is 0 Å². The second-order valence-electron chi connectivity index (χ2n) is 7.17. The number of amides is 1. The Balaban J connectivity index is 1.56. The largest absolute Gasteiger partial charge is 0.352 e. The quantitative estimate of drug-likeness (QED) is 0.812. The molecule has 1 aliphatic rings. The fourth-order valence-corrected chi connectivity index (χ4v) is 3.45. The maximum atomic E-state index is 12.3. The molecule has 0 radical (unpaired) electrons. The normalized spacial score (nSPS) is 15.0. The molecule has 0 aliphatic heterocycles. The Kier molecular flexibility index (Phi) is 6.21. The van der Waals surface area contributed by atoms with Crippen LogP contribution in [0.25, 0.3) is 0 Å². The Bertz CT molecular complexity index is 799. The summed E-state index contributed by atoms with van der Waals surface area (Å²) >= 11 is 0. The smallest absolute Gasteiger partial charge is 0.267 e. The molecule has 2 aromatic rings. The van der Waals surface area contributed by atoms with E-state index in [0.29, 0.717) is 0 Å². The molecule has 1 amide bonds. The fraction of sp³-hybridized carbons (Fsp3) is 0.476. The predicted octanol–water partition coefficient (Wildman–Crippen LogP) is 2.65. The molecule has 0 fully saturated rings. The summed E-state index contributed by atoms with van der Waals surface area (Å²) in [5.41, 5.74) is 3.11. The molecule has 5 nitrogen and oxygen atoms in total. The summed E-state index contributed by atoms with van der Waals surface area (Å²) < 4.78 is 1.31. The molecule has 1 N–H and O–H groups in total. The number of carbonyl (C=O) groups excluding carboxylic acids is 1. The summed E-state index contributed by atoms with van der Waals surface area (Å²) in [4.78, 5) is 24.6. The van der Waals surface area contributed by atoms with Crippen LogP contribution >= 0.6 is 0 Å². The Labute approximate surface area is 154 Å². The van der Waals surface area contributed by atoms with Crippen molar-refractivity contribution in [2.75, 3.05) is 0 Å². The van der Waals surface area contributed by atoms with E-state index in [9.17, 15) is 9.59 Å². The van der Waals surface area contributed by atoms with Gasteiger partial charge in [0.1, 0.15) is 6.54 Å². The van der Waals surface area contributed by atoms with E-state index in [0.717, 1.165) is 49.8 Å². The number of aromatic nitrogens is 2. The highest BCUT2D eigenvalue weighted by atomic mass is 16.2. The monoisotopic (exact) mass is 353 g/mol. The van der Waals surface area contributed by atoms with Gasteiger partial charge in [0.15, 0.2) is 0 Å². The zero-order valence-corrected chi connectivity index (χ0v) is 15.4. The lowest BCUT2D eigenvalue weighted by molar-refractivity contribution is -0.122. The van der Waals surface area contributed by atoms with Crippen LogP contribution in [-0.4, -0.2) is 21.7 Å². The number of hydrogen-bond acceptors (Lipinski definition) is 3.